The number of hydrogen-bond donors (Lipinski definition) is 1. The molecule has 1 aromatic rings. The van der Waals surface area contributed by atoms with Gasteiger partial charge in [0.05, 0.1) is 10.0 Å². The van der Waals surface area contributed by atoms with Gasteiger partial charge in [-0.3, -0.25) is 0 Å². The van der Waals surface area contributed by atoms with Crippen LogP contribution in [0.4, 0.5) is 14.5 Å². The summed E-state index contributed by atoms with van der Waals surface area (Å²) >= 11 is 11.9. The van der Waals surface area contributed by atoms with Crippen molar-refractivity contribution in [1.82, 2.24) is 0 Å². The Bertz CT molecular complexity index is 426. The molecule has 0 bridgehead atoms. The molecule has 0 saturated heterocycles. The third kappa shape index (κ3) is 4.38. The van der Waals surface area contributed by atoms with Crippen molar-refractivity contribution in [1.29, 1.82) is 0 Å². The van der Waals surface area contributed by atoms with Crippen molar-refractivity contribution in [2.75, 3.05) is 5.32 Å². The topological polar surface area (TPSA) is 21.3 Å². The molecular weight excluding hydrogens is 307 g/mol. The summed E-state index contributed by atoms with van der Waals surface area (Å²) in [5.41, 5.74) is 0.744. The normalized spacial score (nSPS) is 17.1. The number of halogens is 4. The van der Waals surface area contributed by atoms with Crippen molar-refractivity contribution in [3.05, 3.63) is 22.2 Å². The van der Waals surface area contributed by atoms with E-state index in [4.69, 9.17) is 23.2 Å². The first-order chi connectivity index (χ1) is 9.56. The highest BCUT2D eigenvalue weighted by molar-refractivity contribution is 6.37. The molecule has 0 radical (unpaired) electrons. The lowest BCUT2D eigenvalue weighted by Gasteiger charge is -2.19. The summed E-state index contributed by atoms with van der Waals surface area (Å²) < 4.78 is 28.8. The van der Waals surface area contributed by atoms with E-state index in [1.165, 1.54) is 25.7 Å². The Kier molecular flexibility index (Phi) is 5.73. The summed E-state index contributed by atoms with van der Waals surface area (Å²) in [6.45, 7) is -2.94. The lowest BCUT2D eigenvalue weighted by molar-refractivity contribution is -0.0497. The van der Waals surface area contributed by atoms with Crippen LogP contribution in [0.2, 0.25) is 10.0 Å². The zero-order valence-corrected chi connectivity index (χ0v) is 12.5. The van der Waals surface area contributed by atoms with E-state index in [9.17, 15) is 8.78 Å². The first-order valence-corrected chi connectivity index (χ1v) is 7.52. The molecule has 6 heteroatoms. The van der Waals surface area contributed by atoms with Crippen molar-refractivity contribution < 1.29 is 13.5 Å². The number of alkyl halides is 2. The average molecular weight is 324 g/mol. The van der Waals surface area contributed by atoms with Gasteiger partial charge in [-0.05, 0) is 25.0 Å². The maximum Gasteiger partial charge on any atom is 0.387 e. The minimum absolute atomic E-state index is 0.0916. The average Bonchev–Trinajstić information content (AvgIpc) is 2.62. The van der Waals surface area contributed by atoms with Crippen LogP contribution in [0.15, 0.2) is 12.1 Å². The second-order valence-corrected chi connectivity index (χ2v) is 5.79. The lowest BCUT2D eigenvalue weighted by Crippen LogP contribution is -2.18. The van der Waals surface area contributed by atoms with Gasteiger partial charge in [-0.2, -0.15) is 8.78 Å². The van der Waals surface area contributed by atoms with E-state index in [1.807, 2.05) is 0 Å². The summed E-state index contributed by atoms with van der Waals surface area (Å²) in [5.74, 6) is -0.172. The molecule has 0 unspecified atom stereocenters. The standard InChI is InChI=1S/C14H17Cl2F2NO/c15-11-7-10(8-12(16)13(11)20-14(17)18)19-9-5-3-1-2-4-6-9/h7-9,14,19H,1-6H2. The summed E-state index contributed by atoms with van der Waals surface area (Å²) in [6, 6.07) is 3.54. The molecule has 1 aliphatic rings. The first-order valence-electron chi connectivity index (χ1n) is 6.76. The van der Waals surface area contributed by atoms with Gasteiger partial charge in [-0.15, -0.1) is 0 Å². The number of anilines is 1. The van der Waals surface area contributed by atoms with E-state index in [1.54, 1.807) is 12.1 Å². The van der Waals surface area contributed by atoms with Crippen LogP contribution in [0.3, 0.4) is 0 Å². The van der Waals surface area contributed by atoms with E-state index in [0.29, 0.717) is 6.04 Å². The van der Waals surface area contributed by atoms with E-state index in [0.717, 1.165) is 18.5 Å². The second kappa shape index (κ2) is 7.32. The van der Waals surface area contributed by atoms with Crippen molar-refractivity contribution in [3.63, 3.8) is 0 Å². The van der Waals surface area contributed by atoms with Crippen LogP contribution in [0.5, 0.6) is 5.75 Å². The lowest BCUT2D eigenvalue weighted by atomic mass is 10.1. The number of hydrogen-bond acceptors (Lipinski definition) is 2. The molecule has 1 N–H and O–H groups in total. The highest BCUT2D eigenvalue weighted by Gasteiger charge is 2.16. The van der Waals surface area contributed by atoms with Gasteiger partial charge in [0.25, 0.3) is 0 Å². The number of benzene rings is 1. The molecule has 0 aliphatic heterocycles. The molecule has 1 aromatic carbocycles. The van der Waals surface area contributed by atoms with Crippen LogP contribution in [0.1, 0.15) is 38.5 Å². The fraction of sp³-hybridized carbons (Fsp3) is 0.571. The summed E-state index contributed by atoms with van der Waals surface area (Å²) in [7, 11) is 0. The van der Waals surface area contributed by atoms with Gasteiger partial charge in [-0.1, -0.05) is 48.9 Å². The maximum absolute atomic E-state index is 12.2. The predicted molar refractivity (Wildman–Crippen MR) is 78.2 cm³/mol. The molecule has 2 rings (SSSR count). The van der Waals surface area contributed by atoms with E-state index < -0.39 is 6.61 Å². The van der Waals surface area contributed by atoms with Gasteiger partial charge < -0.3 is 10.1 Å². The van der Waals surface area contributed by atoms with Crippen LogP contribution in [-0.2, 0) is 0 Å². The molecule has 0 spiro atoms. The minimum Gasteiger partial charge on any atom is -0.432 e. The molecule has 20 heavy (non-hydrogen) atoms. The molecule has 0 aromatic heterocycles. The number of ether oxygens (including phenoxy) is 1. The van der Waals surface area contributed by atoms with Crippen LogP contribution in [-0.4, -0.2) is 12.7 Å². The van der Waals surface area contributed by atoms with Crippen molar-refractivity contribution in [3.8, 4) is 5.75 Å². The molecule has 0 heterocycles. The van der Waals surface area contributed by atoms with Gasteiger partial charge in [0.1, 0.15) is 0 Å². The van der Waals surface area contributed by atoms with Crippen LogP contribution < -0.4 is 10.1 Å². The first kappa shape index (κ1) is 15.6. The maximum atomic E-state index is 12.2. The van der Waals surface area contributed by atoms with E-state index in [2.05, 4.69) is 10.1 Å². The minimum atomic E-state index is -2.94. The van der Waals surface area contributed by atoms with Crippen LogP contribution >= 0.6 is 23.2 Å². The second-order valence-electron chi connectivity index (χ2n) is 4.98. The van der Waals surface area contributed by atoms with Gasteiger partial charge in [0.15, 0.2) is 5.75 Å². The zero-order valence-electron chi connectivity index (χ0n) is 11.0. The summed E-state index contributed by atoms with van der Waals surface area (Å²) in [5, 5.41) is 3.55. The number of rotatable bonds is 4. The summed E-state index contributed by atoms with van der Waals surface area (Å²) in [6.07, 6.45) is 7.13. The molecular formula is C14H17Cl2F2NO. The Labute approximate surface area is 127 Å². The molecule has 1 fully saturated rings. The third-order valence-electron chi connectivity index (χ3n) is 3.43. The quantitative estimate of drug-likeness (QED) is 0.714. The fourth-order valence-corrected chi connectivity index (χ4v) is 3.08. The Morgan fingerprint density at radius 1 is 1.05 bits per heavy atom. The Balaban J connectivity index is 2.08. The molecule has 112 valence electrons. The zero-order chi connectivity index (χ0) is 14.5. The molecule has 0 amide bonds. The van der Waals surface area contributed by atoms with Crippen molar-refractivity contribution >= 4 is 28.9 Å². The third-order valence-corrected chi connectivity index (χ3v) is 3.99. The van der Waals surface area contributed by atoms with Gasteiger partial charge >= 0.3 is 6.61 Å². The smallest absolute Gasteiger partial charge is 0.387 e. The predicted octanol–water partition coefficient (Wildman–Crippen LogP) is 5.73. The fourth-order valence-electron chi connectivity index (χ4n) is 2.50. The Morgan fingerprint density at radius 2 is 1.60 bits per heavy atom. The van der Waals surface area contributed by atoms with Crippen molar-refractivity contribution in [2.24, 2.45) is 0 Å². The monoisotopic (exact) mass is 323 g/mol. The SMILES string of the molecule is FC(F)Oc1c(Cl)cc(NC2CCCCCC2)cc1Cl. The highest BCUT2D eigenvalue weighted by atomic mass is 35.5. The van der Waals surface area contributed by atoms with Gasteiger partial charge in [0.2, 0.25) is 0 Å². The molecule has 1 saturated carbocycles. The molecule has 0 atom stereocenters. The Morgan fingerprint density at radius 3 is 2.10 bits per heavy atom. The molecule has 2 nitrogen and oxygen atoms in total. The van der Waals surface area contributed by atoms with Crippen molar-refractivity contribution in [2.45, 2.75) is 51.2 Å². The van der Waals surface area contributed by atoms with E-state index in [-0.39, 0.29) is 15.8 Å². The number of nitrogens with one attached hydrogen (secondary N) is 1. The Hall–Kier alpha value is -0.740. The molecule has 1 aliphatic carbocycles. The van der Waals surface area contributed by atoms with Crippen LogP contribution in [0, 0.1) is 0 Å². The highest BCUT2D eigenvalue weighted by Crippen LogP contribution is 2.37. The van der Waals surface area contributed by atoms with Gasteiger partial charge in [0, 0.05) is 11.7 Å². The van der Waals surface area contributed by atoms with Crippen LogP contribution in [0.25, 0.3) is 0 Å². The van der Waals surface area contributed by atoms with Gasteiger partial charge in [-0.25, -0.2) is 0 Å². The summed E-state index contributed by atoms with van der Waals surface area (Å²) in [4.78, 5) is 0. The van der Waals surface area contributed by atoms with E-state index >= 15 is 0 Å². The largest absolute Gasteiger partial charge is 0.432 e.